The van der Waals surface area contributed by atoms with Crippen LogP contribution in [0.25, 0.3) is 16.8 Å². The predicted octanol–water partition coefficient (Wildman–Crippen LogP) is 6.18. The van der Waals surface area contributed by atoms with Crippen LogP contribution in [0, 0.1) is 0 Å². The number of rotatable bonds is 8. The topological polar surface area (TPSA) is 82.1 Å². The Morgan fingerprint density at radius 3 is 2.58 bits per heavy atom. The Labute approximate surface area is 221 Å². The van der Waals surface area contributed by atoms with E-state index in [9.17, 15) is 14.4 Å². The van der Waals surface area contributed by atoms with Crippen molar-refractivity contribution in [2.24, 2.45) is 0 Å². The van der Waals surface area contributed by atoms with Crippen LogP contribution in [0.5, 0.6) is 11.5 Å². The number of thioether (sulfide) groups is 1. The van der Waals surface area contributed by atoms with Crippen molar-refractivity contribution in [3.8, 4) is 11.5 Å². The second-order valence-corrected chi connectivity index (χ2v) is 10.1. The number of fused-ring (bicyclic) bond motifs is 1. The lowest BCUT2D eigenvalue weighted by molar-refractivity contribution is -0.149. The molecule has 1 heterocycles. The van der Waals surface area contributed by atoms with Gasteiger partial charge in [0.1, 0.15) is 13.2 Å². The zero-order chi connectivity index (χ0) is 25.8. The van der Waals surface area contributed by atoms with Gasteiger partial charge in [-0.25, -0.2) is 0 Å². The summed E-state index contributed by atoms with van der Waals surface area (Å²) in [6.07, 6.45) is 1.25. The first-order valence-electron chi connectivity index (χ1n) is 11.2. The lowest BCUT2D eigenvalue weighted by atomic mass is 10.1. The summed E-state index contributed by atoms with van der Waals surface area (Å²) in [6, 6.07) is 17.7. The summed E-state index contributed by atoms with van der Waals surface area (Å²) in [7, 11) is 1.53. The third kappa shape index (κ3) is 5.74. The van der Waals surface area contributed by atoms with Gasteiger partial charge in [0, 0.05) is 4.47 Å². The molecule has 0 unspecified atom stereocenters. The number of ether oxygens (including phenoxy) is 3. The molecule has 3 aromatic carbocycles. The fraction of sp³-hybridized carbons (Fsp3) is 0.222. The van der Waals surface area contributed by atoms with Crippen molar-refractivity contribution in [2.45, 2.75) is 26.6 Å². The summed E-state index contributed by atoms with van der Waals surface area (Å²) in [4.78, 5) is 38.1. The fourth-order valence-corrected chi connectivity index (χ4v) is 4.98. The molecule has 0 N–H and O–H groups in total. The van der Waals surface area contributed by atoms with Crippen LogP contribution in [-0.2, 0) is 20.9 Å². The van der Waals surface area contributed by atoms with E-state index in [0.29, 0.717) is 28.1 Å². The molecule has 0 saturated carbocycles. The Balaban J connectivity index is 1.53. The zero-order valence-electron chi connectivity index (χ0n) is 19.9. The normalized spacial score (nSPS) is 14.7. The minimum Gasteiger partial charge on any atom is -0.493 e. The number of hydrogen-bond donors (Lipinski definition) is 0. The van der Waals surface area contributed by atoms with Crippen molar-refractivity contribution in [2.75, 3.05) is 13.7 Å². The average Bonchev–Trinajstić information content (AvgIpc) is 3.10. The van der Waals surface area contributed by atoms with Crippen LogP contribution in [0.2, 0.25) is 0 Å². The maximum absolute atomic E-state index is 12.8. The minimum atomic E-state index is -0.635. The first-order valence-corrected chi connectivity index (χ1v) is 12.8. The maximum atomic E-state index is 12.8. The Morgan fingerprint density at radius 1 is 1.08 bits per heavy atom. The molecule has 36 heavy (non-hydrogen) atoms. The van der Waals surface area contributed by atoms with Gasteiger partial charge < -0.3 is 14.2 Å². The molecule has 7 nitrogen and oxygen atoms in total. The summed E-state index contributed by atoms with van der Waals surface area (Å²) >= 11 is 4.30. The van der Waals surface area contributed by atoms with E-state index < -0.39 is 23.7 Å². The number of halogens is 1. The van der Waals surface area contributed by atoms with E-state index in [1.807, 2.05) is 24.3 Å². The first-order chi connectivity index (χ1) is 17.3. The number of benzene rings is 3. The molecule has 0 spiro atoms. The predicted molar refractivity (Wildman–Crippen MR) is 143 cm³/mol. The summed E-state index contributed by atoms with van der Waals surface area (Å²) in [5.41, 5.74) is 1.67. The van der Waals surface area contributed by atoms with E-state index in [2.05, 4.69) is 34.1 Å². The molecule has 1 aliphatic rings. The second kappa shape index (κ2) is 11.2. The number of hydrogen-bond acceptors (Lipinski definition) is 7. The number of methoxy groups -OCH3 is 1. The van der Waals surface area contributed by atoms with Crippen LogP contribution in [0.1, 0.15) is 25.0 Å². The van der Waals surface area contributed by atoms with Crippen molar-refractivity contribution in [3.63, 3.8) is 0 Å². The number of imide groups is 1. The lowest BCUT2D eigenvalue weighted by Gasteiger charge is -2.14. The highest BCUT2D eigenvalue weighted by atomic mass is 79.9. The maximum Gasteiger partial charge on any atom is 0.326 e. The van der Waals surface area contributed by atoms with E-state index in [4.69, 9.17) is 14.2 Å². The first kappa shape index (κ1) is 25.8. The molecule has 3 aromatic rings. The SMILES string of the molecule is COc1cc(/C=C2/SC(=O)N(CC(=O)OC(C)C)C2=O)c(Br)cc1OCc1cccc2ccccc12. The summed E-state index contributed by atoms with van der Waals surface area (Å²) in [6.45, 7) is 3.32. The molecule has 4 rings (SSSR count). The van der Waals surface area contributed by atoms with Crippen LogP contribution in [0.3, 0.4) is 0 Å². The van der Waals surface area contributed by atoms with Crippen molar-refractivity contribution < 1.29 is 28.6 Å². The Hall–Kier alpha value is -3.30. The van der Waals surface area contributed by atoms with Crippen LogP contribution >= 0.6 is 27.7 Å². The van der Waals surface area contributed by atoms with Crippen molar-refractivity contribution in [3.05, 3.63) is 75.1 Å². The van der Waals surface area contributed by atoms with E-state index in [1.54, 1.807) is 32.1 Å². The van der Waals surface area contributed by atoms with Gasteiger partial charge in [-0.15, -0.1) is 0 Å². The van der Waals surface area contributed by atoms with Gasteiger partial charge in [0.05, 0.1) is 18.1 Å². The largest absolute Gasteiger partial charge is 0.493 e. The number of amides is 2. The third-order valence-corrected chi connectivity index (χ3v) is 6.95. The van der Waals surface area contributed by atoms with Gasteiger partial charge in [-0.2, -0.15) is 0 Å². The van der Waals surface area contributed by atoms with Gasteiger partial charge >= 0.3 is 5.97 Å². The summed E-state index contributed by atoms with van der Waals surface area (Å²) < 4.78 is 17.3. The molecule has 186 valence electrons. The van der Waals surface area contributed by atoms with Gasteiger partial charge in [-0.1, -0.05) is 58.4 Å². The molecule has 1 fully saturated rings. The smallest absolute Gasteiger partial charge is 0.326 e. The Morgan fingerprint density at radius 2 is 1.83 bits per heavy atom. The Bertz CT molecular complexity index is 1360. The molecule has 2 amide bonds. The van der Waals surface area contributed by atoms with E-state index >= 15 is 0 Å². The average molecular weight is 570 g/mol. The van der Waals surface area contributed by atoms with Crippen LogP contribution in [0.15, 0.2) is 64.0 Å². The molecule has 0 aromatic heterocycles. The second-order valence-electron chi connectivity index (χ2n) is 8.26. The van der Waals surface area contributed by atoms with Gasteiger partial charge in [0.2, 0.25) is 0 Å². The van der Waals surface area contributed by atoms with Crippen LogP contribution < -0.4 is 9.47 Å². The van der Waals surface area contributed by atoms with E-state index in [1.165, 1.54) is 7.11 Å². The molecule has 0 aliphatic carbocycles. The monoisotopic (exact) mass is 569 g/mol. The van der Waals surface area contributed by atoms with Gasteiger partial charge in [-0.3, -0.25) is 19.3 Å². The van der Waals surface area contributed by atoms with E-state index in [0.717, 1.165) is 33.0 Å². The molecule has 1 saturated heterocycles. The minimum absolute atomic E-state index is 0.199. The van der Waals surface area contributed by atoms with E-state index in [-0.39, 0.29) is 11.0 Å². The molecular formula is C27H24BrNO6S. The zero-order valence-corrected chi connectivity index (χ0v) is 22.4. The molecule has 9 heteroatoms. The molecule has 0 atom stereocenters. The number of nitrogens with zero attached hydrogens (tertiary/aromatic N) is 1. The quantitative estimate of drug-likeness (QED) is 0.236. The number of esters is 1. The molecule has 1 aliphatic heterocycles. The van der Waals surface area contributed by atoms with Crippen molar-refractivity contribution in [1.82, 2.24) is 4.90 Å². The van der Waals surface area contributed by atoms with Gasteiger partial charge in [0.25, 0.3) is 11.1 Å². The van der Waals surface area contributed by atoms with Crippen molar-refractivity contribution in [1.29, 1.82) is 0 Å². The number of carbonyl (C=O) groups excluding carboxylic acids is 3. The Kier molecular flexibility index (Phi) is 8.01. The standard InChI is InChI=1S/C27H24BrNO6S/c1-16(2)35-25(30)14-29-26(31)24(36-27(29)32)12-19-11-22(33-3)23(13-21(19)28)34-15-18-9-6-8-17-7-4-5-10-20(17)18/h4-13,16H,14-15H2,1-3H3/b24-12+. The van der Waals surface area contributed by atoms with Gasteiger partial charge in [-0.05, 0) is 65.7 Å². The van der Waals surface area contributed by atoms with Crippen LogP contribution in [-0.4, -0.2) is 41.8 Å². The molecular weight excluding hydrogens is 546 g/mol. The highest BCUT2D eigenvalue weighted by Crippen LogP contribution is 2.38. The highest BCUT2D eigenvalue weighted by Gasteiger charge is 2.37. The van der Waals surface area contributed by atoms with Crippen LogP contribution in [0.4, 0.5) is 4.79 Å². The van der Waals surface area contributed by atoms with Crippen molar-refractivity contribution >= 4 is 61.7 Å². The number of carbonyl (C=O) groups is 3. The fourth-order valence-electron chi connectivity index (χ4n) is 3.71. The molecule has 0 bridgehead atoms. The van der Waals surface area contributed by atoms with Gasteiger partial charge in [0.15, 0.2) is 11.5 Å². The highest BCUT2D eigenvalue weighted by molar-refractivity contribution is 9.10. The molecule has 0 radical (unpaired) electrons. The lowest BCUT2D eigenvalue weighted by Crippen LogP contribution is -2.35. The summed E-state index contributed by atoms with van der Waals surface area (Å²) in [5, 5.41) is 1.72. The third-order valence-electron chi connectivity index (χ3n) is 5.36. The summed E-state index contributed by atoms with van der Waals surface area (Å²) in [5.74, 6) is -0.180.